The van der Waals surface area contributed by atoms with Gasteiger partial charge in [-0.25, -0.2) is 0 Å². The van der Waals surface area contributed by atoms with Gasteiger partial charge in [-0.05, 0) is 6.42 Å². The van der Waals surface area contributed by atoms with Crippen molar-refractivity contribution in [2.24, 2.45) is 0 Å². The average molecular weight is 202 g/mol. The molecule has 3 nitrogen and oxygen atoms in total. The molecule has 14 heavy (non-hydrogen) atoms. The van der Waals surface area contributed by atoms with Crippen molar-refractivity contribution in [3.05, 3.63) is 18.0 Å². The molecule has 0 saturated heterocycles. The second-order valence-corrected chi connectivity index (χ2v) is 2.65. The van der Waals surface area contributed by atoms with Crippen molar-refractivity contribution in [3.8, 4) is 6.07 Å². The molecule has 0 spiro atoms. The second-order valence-electron chi connectivity index (χ2n) is 2.65. The monoisotopic (exact) mass is 202 g/mol. The van der Waals surface area contributed by atoms with Crippen LogP contribution >= 0.6 is 0 Å². The fourth-order valence-corrected chi connectivity index (χ4v) is 0.936. The highest BCUT2D eigenvalue weighted by atomic mass is 19.4. The SMILES string of the molecule is CCC(C#N)n1c[c]c(C(F)(F)F)n1. The molecule has 0 aliphatic heterocycles. The lowest BCUT2D eigenvalue weighted by atomic mass is 10.3. The standard InChI is InChI=1S/C8H7F3N3/c1-2-6(5-12)14-4-3-7(13-14)8(9,10)11/h4,6H,2H2,1H3. The number of hydrogen-bond acceptors (Lipinski definition) is 2. The predicted molar refractivity (Wildman–Crippen MR) is 41.0 cm³/mol. The van der Waals surface area contributed by atoms with Gasteiger partial charge in [0.2, 0.25) is 0 Å². The summed E-state index contributed by atoms with van der Waals surface area (Å²) in [5.41, 5.74) is -1.09. The van der Waals surface area contributed by atoms with Gasteiger partial charge in [-0.3, -0.25) is 4.68 Å². The minimum absolute atomic E-state index is 0.406. The smallest absolute Gasteiger partial charge is 0.254 e. The zero-order valence-electron chi connectivity index (χ0n) is 7.34. The van der Waals surface area contributed by atoms with Crippen molar-refractivity contribution in [2.75, 3.05) is 0 Å². The number of nitriles is 1. The Hall–Kier alpha value is -1.51. The average Bonchev–Trinajstić information content (AvgIpc) is 2.54. The number of aromatic nitrogens is 2. The first-order chi connectivity index (χ1) is 6.49. The summed E-state index contributed by atoms with van der Waals surface area (Å²) in [6.45, 7) is 1.70. The van der Waals surface area contributed by atoms with E-state index >= 15 is 0 Å². The van der Waals surface area contributed by atoms with Gasteiger partial charge in [-0.2, -0.15) is 23.5 Å². The zero-order chi connectivity index (χ0) is 10.8. The number of rotatable bonds is 2. The van der Waals surface area contributed by atoms with E-state index < -0.39 is 17.9 Å². The fourth-order valence-electron chi connectivity index (χ4n) is 0.936. The van der Waals surface area contributed by atoms with E-state index in [0.717, 1.165) is 10.9 Å². The highest BCUT2D eigenvalue weighted by Gasteiger charge is 2.34. The molecule has 0 N–H and O–H groups in total. The Morgan fingerprint density at radius 2 is 2.36 bits per heavy atom. The molecule has 1 atom stereocenters. The molecule has 0 fully saturated rings. The van der Waals surface area contributed by atoms with Gasteiger partial charge in [-0.15, -0.1) is 0 Å². The van der Waals surface area contributed by atoms with Crippen molar-refractivity contribution in [2.45, 2.75) is 25.6 Å². The van der Waals surface area contributed by atoms with Gasteiger partial charge in [0.25, 0.3) is 0 Å². The van der Waals surface area contributed by atoms with Crippen LogP contribution in [0.4, 0.5) is 13.2 Å². The molecule has 0 aliphatic rings. The van der Waals surface area contributed by atoms with Crippen molar-refractivity contribution >= 4 is 0 Å². The molecule has 75 valence electrons. The molecule has 1 rings (SSSR count). The maximum Gasteiger partial charge on any atom is 0.435 e. The van der Waals surface area contributed by atoms with E-state index in [9.17, 15) is 13.2 Å². The lowest BCUT2D eigenvalue weighted by Gasteiger charge is -2.06. The molecule has 0 aromatic carbocycles. The molecule has 0 amide bonds. The minimum Gasteiger partial charge on any atom is -0.254 e. The van der Waals surface area contributed by atoms with E-state index in [-0.39, 0.29) is 0 Å². The molecule has 1 aromatic rings. The highest BCUT2D eigenvalue weighted by molar-refractivity contribution is 5.03. The van der Waals surface area contributed by atoms with E-state index in [1.807, 2.05) is 12.1 Å². The van der Waals surface area contributed by atoms with Gasteiger partial charge in [0.15, 0.2) is 5.69 Å². The lowest BCUT2D eigenvalue weighted by molar-refractivity contribution is -0.141. The summed E-state index contributed by atoms with van der Waals surface area (Å²) in [6.07, 6.45) is -3.05. The summed E-state index contributed by atoms with van der Waals surface area (Å²) < 4.78 is 37.2. The zero-order valence-corrected chi connectivity index (χ0v) is 7.34. The summed E-state index contributed by atoms with van der Waals surface area (Å²) in [7, 11) is 0. The van der Waals surface area contributed by atoms with Crippen LogP contribution in [0, 0.1) is 17.4 Å². The Morgan fingerprint density at radius 3 is 2.71 bits per heavy atom. The van der Waals surface area contributed by atoms with Crippen LogP contribution in [0.2, 0.25) is 0 Å². The van der Waals surface area contributed by atoms with Crippen molar-refractivity contribution in [1.82, 2.24) is 9.78 Å². The number of alkyl halides is 3. The molecule has 0 aliphatic carbocycles. The first kappa shape index (κ1) is 10.6. The summed E-state index contributed by atoms with van der Waals surface area (Å²) in [4.78, 5) is 0. The third-order valence-corrected chi connectivity index (χ3v) is 1.67. The van der Waals surface area contributed by atoms with Gasteiger partial charge < -0.3 is 0 Å². The Balaban J connectivity index is 2.94. The van der Waals surface area contributed by atoms with Crippen LogP contribution in [-0.2, 0) is 6.18 Å². The van der Waals surface area contributed by atoms with Crippen LogP contribution in [0.25, 0.3) is 0 Å². The van der Waals surface area contributed by atoms with E-state index in [1.165, 1.54) is 0 Å². The first-order valence-electron chi connectivity index (χ1n) is 3.92. The quantitative estimate of drug-likeness (QED) is 0.737. The topological polar surface area (TPSA) is 41.6 Å². The highest BCUT2D eigenvalue weighted by Crippen LogP contribution is 2.27. The van der Waals surface area contributed by atoms with Crippen LogP contribution in [0.1, 0.15) is 25.1 Å². The van der Waals surface area contributed by atoms with Gasteiger partial charge in [0, 0.05) is 12.3 Å². The Kier molecular flexibility index (Phi) is 2.79. The van der Waals surface area contributed by atoms with Gasteiger partial charge in [-0.1, -0.05) is 6.92 Å². The lowest BCUT2D eigenvalue weighted by Crippen LogP contribution is -2.10. The first-order valence-corrected chi connectivity index (χ1v) is 3.92. The fraction of sp³-hybridized carbons (Fsp3) is 0.500. The molecule has 1 unspecified atom stereocenters. The predicted octanol–water partition coefficient (Wildman–Crippen LogP) is 2.18. The minimum atomic E-state index is -4.50. The third kappa shape index (κ3) is 2.05. The molecule has 6 heteroatoms. The van der Waals surface area contributed by atoms with Crippen LogP contribution in [0.5, 0.6) is 0 Å². The summed E-state index contributed by atoms with van der Waals surface area (Å²) in [5.74, 6) is 0. The van der Waals surface area contributed by atoms with Crippen LogP contribution in [0.15, 0.2) is 6.20 Å². The maximum atomic E-state index is 12.1. The van der Waals surface area contributed by atoms with Crippen LogP contribution < -0.4 is 0 Å². The van der Waals surface area contributed by atoms with Crippen molar-refractivity contribution in [3.63, 3.8) is 0 Å². The molecule has 1 radical (unpaired) electrons. The Bertz CT molecular complexity index is 347. The molecular formula is C8H7F3N3. The number of halogens is 3. The summed E-state index contributed by atoms with van der Waals surface area (Å²) >= 11 is 0. The molecule has 1 heterocycles. The number of hydrogen-bond donors (Lipinski definition) is 0. The van der Waals surface area contributed by atoms with Gasteiger partial charge >= 0.3 is 6.18 Å². The van der Waals surface area contributed by atoms with Gasteiger partial charge in [0.1, 0.15) is 6.04 Å². The largest absolute Gasteiger partial charge is 0.435 e. The molecule has 0 bridgehead atoms. The molecule has 1 aromatic heterocycles. The maximum absolute atomic E-state index is 12.1. The normalized spacial score (nSPS) is 13.6. The summed E-state index contributed by atoms with van der Waals surface area (Å²) in [5, 5.41) is 11.8. The molecule has 0 saturated carbocycles. The van der Waals surface area contributed by atoms with Crippen molar-refractivity contribution < 1.29 is 13.2 Å². The van der Waals surface area contributed by atoms with Gasteiger partial charge in [0.05, 0.1) is 6.07 Å². The third-order valence-electron chi connectivity index (χ3n) is 1.67. The van der Waals surface area contributed by atoms with Crippen molar-refractivity contribution in [1.29, 1.82) is 5.26 Å². The van der Waals surface area contributed by atoms with E-state index in [1.54, 1.807) is 6.92 Å². The van der Waals surface area contributed by atoms with Crippen LogP contribution in [-0.4, -0.2) is 9.78 Å². The second kappa shape index (κ2) is 3.70. The summed E-state index contributed by atoms with van der Waals surface area (Å²) in [6, 6.07) is 3.15. The van der Waals surface area contributed by atoms with E-state index in [0.29, 0.717) is 6.42 Å². The number of nitrogens with zero attached hydrogens (tertiary/aromatic N) is 3. The molecular weight excluding hydrogens is 195 g/mol. The van der Waals surface area contributed by atoms with E-state index in [2.05, 4.69) is 5.10 Å². The Morgan fingerprint density at radius 1 is 1.71 bits per heavy atom. The van der Waals surface area contributed by atoms with E-state index in [4.69, 9.17) is 5.26 Å². The van der Waals surface area contributed by atoms with Crippen LogP contribution in [0.3, 0.4) is 0 Å². The Labute approximate surface area is 78.8 Å².